The number of anilines is 1. The zero-order valence-electron chi connectivity index (χ0n) is 25.1. The number of aryl methyl sites for hydroxylation is 1. The second-order valence-electron chi connectivity index (χ2n) is 12.8. The Balaban J connectivity index is 1.24. The molecule has 0 unspecified atom stereocenters. The van der Waals surface area contributed by atoms with Crippen molar-refractivity contribution in [3.05, 3.63) is 41.6 Å². The monoisotopic (exact) mass is 619 g/mol. The van der Waals surface area contributed by atoms with Crippen molar-refractivity contribution < 1.29 is 22.7 Å². The number of hydrogen-bond acceptors (Lipinski definition) is 8. The van der Waals surface area contributed by atoms with Crippen LogP contribution in [0.1, 0.15) is 55.1 Å². The molecule has 4 aromatic heterocycles. The quantitative estimate of drug-likeness (QED) is 0.347. The number of methoxy groups -OCH3 is 1. The molecule has 0 radical (unpaired) electrons. The molecule has 232 valence electrons. The van der Waals surface area contributed by atoms with Crippen LogP contribution in [-0.4, -0.2) is 82.0 Å². The Morgan fingerprint density at radius 2 is 1.95 bits per heavy atom. The number of ether oxygens (including phenoxy) is 2. The molecule has 1 amide bonds. The van der Waals surface area contributed by atoms with Crippen molar-refractivity contribution in [2.75, 3.05) is 23.9 Å². The van der Waals surface area contributed by atoms with Gasteiger partial charge >= 0.3 is 0 Å². The minimum Gasteiger partial charge on any atom is -0.482 e. The molecule has 13 heteroatoms. The summed E-state index contributed by atoms with van der Waals surface area (Å²) in [5, 5.41) is 0.906. The van der Waals surface area contributed by atoms with Crippen LogP contribution in [-0.2, 0) is 21.3 Å². The zero-order chi connectivity index (χ0) is 30.5. The fourth-order valence-electron chi connectivity index (χ4n) is 7.39. The third kappa shape index (κ3) is 4.31. The number of nitrogens with zero attached hydrogens (tertiary/aromatic N) is 6. The second kappa shape index (κ2) is 9.91. The Labute approximate surface area is 255 Å². The van der Waals surface area contributed by atoms with Crippen molar-refractivity contribution in [3.63, 3.8) is 0 Å². The lowest BCUT2D eigenvalue weighted by Gasteiger charge is -2.31. The molecule has 0 aromatic carbocycles. The predicted octanol–water partition coefficient (Wildman–Crippen LogP) is 3.29. The average molecular weight is 620 g/mol. The van der Waals surface area contributed by atoms with E-state index in [9.17, 15) is 13.2 Å². The molecule has 12 nitrogen and oxygen atoms in total. The van der Waals surface area contributed by atoms with Gasteiger partial charge in [-0.2, -0.15) is 0 Å². The van der Waals surface area contributed by atoms with Crippen LogP contribution in [0, 0.1) is 12.8 Å². The summed E-state index contributed by atoms with van der Waals surface area (Å²) in [6.07, 6.45) is 4.84. The first-order valence-corrected chi connectivity index (χ1v) is 17.0. The molecule has 4 aromatic rings. The van der Waals surface area contributed by atoms with Crippen molar-refractivity contribution in [2.45, 2.75) is 76.7 Å². The van der Waals surface area contributed by atoms with E-state index in [4.69, 9.17) is 25.2 Å². The van der Waals surface area contributed by atoms with Gasteiger partial charge in [0.25, 0.3) is 15.9 Å². The molecule has 7 heterocycles. The smallest absolute Gasteiger partial charge is 0.260 e. The molecule has 3 aliphatic heterocycles. The summed E-state index contributed by atoms with van der Waals surface area (Å²) in [6, 6.07) is 9.70. The van der Waals surface area contributed by atoms with Crippen molar-refractivity contribution in [1.29, 1.82) is 0 Å². The van der Waals surface area contributed by atoms with Crippen LogP contribution in [0.3, 0.4) is 0 Å². The lowest BCUT2D eigenvalue weighted by molar-refractivity contribution is 0.0726. The third-order valence-electron chi connectivity index (χ3n) is 9.82. The molecule has 44 heavy (non-hydrogen) atoms. The number of imidazole rings is 1. The van der Waals surface area contributed by atoms with Crippen LogP contribution < -0.4 is 14.8 Å². The Kier molecular flexibility index (Phi) is 6.27. The number of nitrogens with two attached hydrogens (primary N) is 1. The number of carbonyl (C=O) groups is 1. The first-order chi connectivity index (χ1) is 21.1. The lowest BCUT2D eigenvalue weighted by atomic mass is 9.97. The van der Waals surface area contributed by atoms with Crippen LogP contribution >= 0.6 is 0 Å². The van der Waals surface area contributed by atoms with Gasteiger partial charge in [0, 0.05) is 41.7 Å². The summed E-state index contributed by atoms with van der Waals surface area (Å²) in [5.41, 5.74) is 10.8. The maximum Gasteiger partial charge on any atom is 0.260 e. The number of carbonyl (C=O) groups excluding carboxylic acids is 1. The first-order valence-electron chi connectivity index (χ1n) is 15.4. The van der Waals surface area contributed by atoms with E-state index < -0.39 is 10.0 Å². The Hall–Kier alpha value is -3.68. The minimum atomic E-state index is -3.63. The molecule has 4 aliphatic rings. The number of rotatable bonds is 6. The molecular formula is C31H37N7O5S. The minimum absolute atomic E-state index is 0.0258. The van der Waals surface area contributed by atoms with Gasteiger partial charge in [-0.05, 0) is 76.1 Å². The standard InChI is InChI=1S/C31H37N7O5S/c1-17-14-36(44(40,41)16-43-17)26-9-6-20-10-25(35(30(20)34-26)15-19-4-5-19)29-18(2)37-27(33-29)11-21(12-28(37)42-3)31(39)38-22-7-8-24(38)23(32)13-22/h6,9-12,17,19,22-24H,4-5,7-8,13-16,32H2,1-3H3/t17-,22-,23+,24+/m0/s1. The van der Waals surface area contributed by atoms with Crippen molar-refractivity contribution in [2.24, 2.45) is 11.7 Å². The normalized spacial score (nSPS) is 26.3. The summed E-state index contributed by atoms with van der Waals surface area (Å²) in [6.45, 7) is 4.83. The lowest BCUT2D eigenvalue weighted by Crippen LogP contribution is -2.45. The fraction of sp³-hybridized carbons (Fsp3) is 0.516. The van der Waals surface area contributed by atoms with Gasteiger partial charge in [0.05, 0.1) is 31.1 Å². The maximum absolute atomic E-state index is 13.8. The first kappa shape index (κ1) is 27.8. The van der Waals surface area contributed by atoms with E-state index in [1.807, 2.05) is 35.3 Å². The van der Waals surface area contributed by atoms with Crippen LogP contribution in [0.4, 0.5) is 5.82 Å². The number of fused-ring (bicyclic) bond motifs is 4. The van der Waals surface area contributed by atoms with Crippen LogP contribution in [0.15, 0.2) is 30.3 Å². The van der Waals surface area contributed by atoms with E-state index in [1.165, 1.54) is 4.31 Å². The van der Waals surface area contributed by atoms with E-state index >= 15 is 0 Å². The van der Waals surface area contributed by atoms with Gasteiger partial charge in [-0.15, -0.1) is 0 Å². The third-order valence-corrected chi connectivity index (χ3v) is 11.3. The number of aromatic nitrogens is 4. The largest absolute Gasteiger partial charge is 0.482 e. The van der Waals surface area contributed by atoms with E-state index in [2.05, 4.69) is 10.6 Å². The van der Waals surface area contributed by atoms with Gasteiger partial charge in [0.15, 0.2) is 11.8 Å². The highest BCUT2D eigenvalue weighted by molar-refractivity contribution is 7.92. The molecule has 2 N–H and O–H groups in total. The number of hydrogen-bond donors (Lipinski definition) is 1. The van der Waals surface area contributed by atoms with Gasteiger partial charge in [0.2, 0.25) is 0 Å². The Morgan fingerprint density at radius 1 is 1.14 bits per heavy atom. The molecule has 0 spiro atoms. The number of pyridine rings is 2. The van der Waals surface area contributed by atoms with Gasteiger partial charge < -0.3 is 24.7 Å². The molecule has 8 rings (SSSR count). The average Bonchev–Trinajstić information content (AvgIpc) is 3.32. The highest BCUT2D eigenvalue weighted by atomic mass is 32.2. The van der Waals surface area contributed by atoms with Gasteiger partial charge in [-0.1, -0.05) is 0 Å². The summed E-state index contributed by atoms with van der Waals surface area (Å²) >= 11 is 0. The highest BCUT2D eigenvalue weighted by Crippen LogP contribution is 2.40. The molecule has 1 aliphatic carbocycles. The topological polar surface area (TPSA) is 137 Å². The van der Waals surface area contributed by atoms with Gasteiger partial charge in [-0.3, -0.25) is 9.20 Å². The second-order valence-corrected chi connectivity index (χ2v) is 14.7. The molecule has 2 bridgehead atoms. The molecule has 4 atom stereocenters. The fourth-order valence-corrected chi connectivity index (χ4v) is 8.75. The van der Waals surface area contributed by atoms with Crippen LogP contribution in [0.25, 0.3) is 28.1 Å². The van der Waals surface area contributed by atoms with Gasteiger partial charge in [0.1, 0.15) is 22.8 Å². The van der Waals surface area contributed by atoms with Crippen molar-refractivity contribution in [3.8, 4) is 17.3 Å². The van der Waals surface area contributed by atoms with Crippen molar-refractivity contribution in [1.82, 2.24) is 23.8 Å². The maximum atomic E-state index is 13.8. The van der Waals surface area contributed by atoms with Gasteiger partial charge in [-0.25, -0.2) is 22.7 Å². The SMILES string of the molecule is COc1cc(C(=O)N2[C@H]3CC[C@@H]2[C@H](N)C3)cc2nc(-c3cc4ccc(N5C[C@H](C)OCS5(=O)=O)nc4n3CC3CC3)c(C)n12. The number of amides is 1. The summed E-state index contributed by atoms with van der Waals surface area (Å²) < 4.78 is 42.4. The molecule has 3 saturated heterocycles. The zero-order valence-corrected chi connectivity index (χ0v) is 26.0. The Bertz CT molecular complexity index is 1930. The predicted molar refractivity (Wildman–Crippen MR) is 165 cm³/mol. The van der Waals surface area contributed by atoms with E-state index in [0.717, 1.165) is 66.8 Å². The molecule has 1 saturated carbocycles. The van der Waals surface area contributed by atoms with Crippen LogP contribution in [0.5, 0.6) is 5.88 Å². The van der Waals surface area contributed by atoms with E-state index in [-0.39, 0.29) is 42.6 Å². The summed E-state index contributed by atoms with van der Waals surface area (Å²) in [5.74, 6) is 1.07. The van der Waals surface area contributed by atoms with Crippen LogP contribution in [0.2, 0.25) is 0 Å². The Morgan fingerprint density at radius 3 is 2.66 bits per heavy atom. The number of sulfonamides is 1. The summed E-state index contributed by atoms with van der Waals surface area (Å²) in [7, 11) is -2.03. The van der Waals surface area contributed by atoms with Crippen molar-refractivity contribution >= 4 is 38.4 Å². The molecular weight excluding hydrogens is 582 g/mol. The van der Waals surface area contributed by atoms with E-state index in [0.29, 0.717) is 28.8 Å². The summed E-state index contributed by atoms with van der Waals surface area (Å²) in [4.78, 5) is 25.7. The highest BCUT2D eigenvalue weighted by Gasteiger charge is 2.47. The van der Waals surface area contributed by atoms with E-state index in [1.54, 1.807) is 19.2 Å². The molecule has 4 fully saturated rings.